The number of carboxylic acid groups (broad SMARTS) is 1. The quantitative estimate of drug-likeness (QED) is 0.798. The maximum atomic E-state index is 13.2. The number of amides is 1. The Morgan fingerprint density at radius 1 is 1.06 bits per heavy atom. The van der Waals surface area contributed by atoms with Crippen LogP contribution in [-0.4, -0.2) is 53.8 Å². The Hall–Kier alpha value is -2.86. The number of nitrogens with one attached hydrogen (secondary N) is 1. The van der Waals surface area contributed by atoms with E-state index in [-0.39, 0.29) is 30.0 Å². The van der Waals surface area contributed by atoms with E-state index in [1.165, 1.54) is 22.3 Å². The lowest BCUT2D eigenvalue weighted by Gasteiger charge is -2.45. The molecule has 3 aliphatic heterocycles. The fraction of sp³-hybridized carbons (Fsp3) is 0.440. The number of fused-ring (bicyclic) bond motifs is 7. The second-order valence-electron chi connectivity index (χ2n) is 9.41. The van der Waals surface area contributed by atoms with Crippen molar-refractivity contribution in [2.45, 2.75) is 37.3 Å². The van der Waals surface area contributed by atoms with E-state index in [0.29, 0.717) is 26.1 Å². The van der Waals surface area contributed by atoms with Crippen LogP contribution in [0.15, 0.2) is 48.5 Å². The van der Waals surface area contributed by atoms with Crippen molar-refractivity contribution in [3.05, 3.63) is 59.7 Å². The van der Waals surface area contributed by atoms with Crippen molar-refractivity contribution in [2.24, 2.45) is 11.3 Å². The van der Waals surface area contributed by atoms with E-state index in [0.717, 1.165) is 12.8 Å². The largest absolute Gasteiger partial charge is 0.481 e. The van der Waals surface area contributed by atoms with Crippen LogP contribution >= 0.6 is 0 Å². The van der Waals surface area contributed by atoms with Crippen molar-refractivity contribution in [2.75, 3.05) is 19.7 Å². The molecular formula is C25H26N2O4. The van der Waals surface area contributed by atoms with Crippen LogP contribution in [0.2, 0.25) is 0 Å². The Balaban J connectivity index is 1.23. The van der Waals surface area contributed by atoms with E-state index in [1.807, 2.05) is 29.2 Å². The maximum Gasteiger partial charge on any atom is 0.410 e. The number of carbonyl (C=O) groups excluding carboxylic acids is 1. The number of benzene rings is 2. The summed E-state index contributed by atoms with van der Waals surface area (Å²) in [4.78, 5) is 27.2. The van der Waals surface area contributed by atoms with Gasteiger partial charge in [0.15, 0.2) is 0 Å². The molecule has 4 atom stereocenters. The van der Waals surface area contributed by atoms with Gasteiger partial charge in [-0.1, -0.05) is 48.5 Å². The van der Waals surface area contributed by atoms with Crippen LogP contribution in [0, 0.1) is 11.3 Å². The highest BCUT2D eigenvalue weighted by Crippen LogP contribution is 2.52. The highest BCUT2D eigenvalue weighted by molar-refractivity contribution is 5.80. The molecule has 2 aromatic rings. The number of rotatable bonds is 3. The molecule has 2 N–H and O–H groups in total. The number of hydrogen-bond acceptors (Lipinski definition) is 4. The van der Waals surface area contributed by atoms with Crippen LogP contribution in [0.25, 0.3) is 11.1 Å². The average molecular weight is 418 g/mol. The predicted octanol–water partition coefficient (Wildman–Crippen LogP) is 3.46. The number of hydrogen-bond donors (Lipinski definition) is 2. The topological polar surface area (TPSA) is 78.9 Å². The summed E-state index contributed by atoms with van der Waals surface area (Å²) in [6, 6.07) is 16.5. The monoisotopic (exact) mass is 418 g/mol. The molecule has 6 nitrogen and oxygen atoms in total. The fourth-order valence-electron chi connectivity index (χ4n) is 6.71. The van der Waals surface area contributed by atoms with Crippen LogP contribution < -0.4 is 5.32 Å². The van der Waals surface area contributed by atoms with Crippen molar-refractivity contribution < 1.29 is 19.4 Å². The SMILES string of the molecule is O=C(OCC1c2ccccc2-c2ccccc21)N1C2CCC1C1CNCC1(C(=O)O)C2. The van der Waals surface area contributed by atoms with Crippen LogP contribution in [0.5, 0.6) is 0 Å². The summed E-state index contributed by atoms with van der Waals surface area (Å²) < 4.78 is 5.92. The molecule has 0 aromatic heterocycles. The molecule has 2 aromatic carbocycles. The molecule has 6 rings (SSSR count). The van der Waals surface area contributed by atoms with Gasteiger partial charge in [-0.2, -0.15) is 0 Å². The molecule has 1 aliphatic carbocycles. The number of ether oxygens (including phenoxy) is 1. The molecule has 0 saturated carbocycles. The highest BCUT2D eigenvalue weighted by atomic mass is 16.6. The molecule has 4 aliphatic rings. The number of nitrogens with zero attached hydrogens (tertiary/aromatic N) is 1. The Morgan fingerprint density at radius 3 is 2.42 bits per heavy atom. The predicted molar refractivity (Wildman–Crippen MR) is 115 cm³/mol. The van der Waals surface area contributed by atoms with E-state index >= 15 is 0 Å². The molecular weight excluding hydrogens is 392 g/mol. The van der Waals surface area contributed by atoms with Crippen LogP contribution in [0.1, 0.15) is 36.3 Å². The Kier molecular flexibility index (Phi) is 4.15. The fourth-order valence-corrected chi connectivity index (χ4v) is 6.71. The molecule has 3 saturated heterocycles. The van der Waals surface area contributed by atoms with E-state index in [9.17, 15) is 14.7 Å². The van der Waals surface area contributed by atoms with Crippen molar-refractivity contribution in [3.8, 4) is 11.1 Å². The third kappa shape index (κ3) is 2.61. The lowest BCUT2D eigenvalue weighted by atomic mass is 9.69. The minimum Gasteiger partial charge on any atom is -0.481 e. The summed E-state index contributed by atoms with van der Waals surface area (Å²) in [5.74, 6) is -0.749. The van der Waals surface area contributed by atoms with Gasteiger partial charge in [0.05, 0.1) is 5.41 Å². The normalized spacial score (nSPS) is 30.6. The maximum absolute atomic E-state index is 13.2. The zero-order valence-corrected chi connectivity index (χ0v) is 17.3. The van der Waals surface area contributed by atoms with Crippen molar-refractivity contribution in [3.63, 3.8) is 0 Å². The van der Waals surface area contributed by atoms with Gasteiger partial charge >= 0.3 is 12.1 Å². The van der Waals surface area contributed by atoms with Crippen LogP contribution in [0.3, 0.4) is 0 Å². The number of aliphatic carboxylic acids is 1. The molecule has 31 heavy (non-hydrogen) atoms. The van der Waals surface area contributed by atoms with Crippen LogP contribution in [-0.2, 0) is 9.53 Å². The van der Waals surface area contributed by atoms with E-state index in [4.69, 9.17) is 4.74 Å². The van der Waals surface area contributed by atoms with Gasteiger partial charge in [-0.15, -0.1) is 0 Å². The summed E-state index contributed by atoms with van der Waals surface area (Å²) in [6.45, 7) is 1.45. The molecule has 3 fully saturated rings. The zero-order chi connectivity index (χ0) is 21.2. The zero-order valence-electron chi connectivity index (χ0n) is 17.3. The van der Waals surface area contributed by atoms with Gasteiger partial charge in [-0.3, -0.25) is 4.79 Å². The first kappa shape index (κ1) is 18.9. The van der Waals surface area contributed by atoms with Gasteiger partial charge in [0.25, 0.3) is 0 Å². The molecule has 160 valence electrons. The van der Waals surface area contributed by atoms with Crippen LogP contribution in [0.4, 0.5) is 4.79 Å². The van der Waals surface area contributed by atoms with Crippen molar-refractivity contribution in [1.82, 2.24) is 10.2 Å². The summed E-state index contributed by atoms with van der Waals surface area (Å²) in [5.41, 5.74) is 4.07. The Labute approximate surface area is 181 Å². The molecule has 6 heteroatoms. The van der Waals surface area contributed by atoms with Gasteiger partial charge in [0, 0.05) is 37.0 Å². The molecule has 4 unspecified atom stereocenters. The minimum absolute atomic E-state index is 0.0325. The summed E-state index contributed by atoms with van der Waals surface area (Å²) in [5, 5.41) is 13.2. The first-order chi connectivity index (χ1) is 15.1. The summed E-state index contributed by atoms with van der Waals surface area (Å²) in [6.07, 6.45) is 1.94. The molecule has 2 bridgehead atoms. The summed E-state index contributed by atoms with van der Waals surface area (Å²) in [7, 11) is 0. The third-order valence-corrected chi connectivity index (χ3v) is 8.10. The Bertz CT molecular complexity index is 1020. The van der Waals surface area contributed by atoms with E-state index in [2.05, 4.69) is 29.6 Å². The van der Waals surface area contributed by atoms with Gasteiger partial charge in [-0.05, 0) is 41.5 Å². The molecule has 1 amide bonds. The number of carbonyl (C=O) groups is 2. The van der Waals surface area contributed by atoms with Gasteiger partial charge in [0.1, 0.15) is 6.61 Å². The second kappa shape index (κ2) is 6.82. The lowest BCUT2D eigenvalue weighted by molar-refractivity contribution is -0.155. The highest BCUT2D eigenvalue weighted by Gasteiger charge is 2.62. The first-order valence-corrected chi connectivity index (χ1v) is 11.2. The van der Waals surface area contributed by atoms with Crippen molar-refractivity contribution in [1.29, 1.82) is 0 Å². The minimum atomic E-state index is -0.744. The lowest BCUT2D eigenvalue weighted by Crippen LogP contribution is -2.58. The average Bonchev–Trinajstić information content (AvgIpc) is 3.45. The molecule has 0 radical (unpaired) electrons. The van der Waals surface area contributed by atoms with E-state index in [1.54, 1.807) is 0 Å². The van der Waals surface area contributed by atoms with Crippen molar-refractivity contribution >= 4 is 12.1 Å². The Morgan fingerprint density at radius 2 is 1.74 bits per heavy atom. The van der Waals surface area contributed by atoms with E-state index < -0.39 is 11.4 Å². The number of piperidine rings is 1. The smallest absolute Gasteiger partial charge is 0.410 e. The molecule has 3 heterocycles. The second-order valence-corrected chi connectivity index (χ2v) is 9.41. The third-order valence-electron chi connectivity index (χ3n) is 8.10. The van der Waals surface area contributed by atoms with Gasteiger partial charge in [0.2, 0.25) is 0 Å². The molecule has 0 spiro atoms. The summed E-state index contributed by atoms with van der Waals surface area (Å²) >= 11 is 0. The first-order valence-electron chi connectivity index (χ1n) is 11.2. The number of carboxylic acids is 1. The van der Waals surface area contributed by atoms with Gasteiger partial charge in [-0.25, -0.2) is 4.79 Å². The standard InChI is InChI=1S/C25H26N2O4/c28-23(29)25-11-15-9-10-22(21(25)12-26-14-25)27(15)24(30)31-13-20-18-7-3-1-5-16(18)17-6-2-4-8-19(17)20/h1-8,15,20-22,26H,9-14H2,(H,28,29). The van der Waals surface area contributed by atoms with Gasteiger partial charge < -0.3 is 20.1 Å².